The molecule has 8 aliphatic rings. The zero-order valence-corrected chi connectivity index (χ0v) is 19.6. The van der Waals surface area contributed by atoms with Crippen molar-refractivity contribution in [2.24, 2.45) is 54.3 Å². The van der Waals surface area contributed by atoms with Gasteiger partial charge < -0.3 is 13.8 Å². The number of nitrogens with zero attached hydrogens (tertiary/aromatic N) is 2. The molecule has 152 valence electrons. The second-order valence-electron chi connectivity index (χ2n) is 10.1. The molecule has 0 atom stereocenters. The van der Waals surface area contributed by atoms with Crippen LogP contribution in [0.25, 0.3) is 0 Å². The third-order valence-corrected chi connectivity index (χ3v) is 10.4. The predicted octanol–water partition coefficient (Wildman–Crippen LogP) is 6.77. The number of hydrogen-bond acceptors (Lipinski definition) is 2. The van der Waals surface area contributed by atoms with Crippen LogP contribution in [0.3, 0.4) is 0 Å². The second-order valence-corrected chi connectivity index (χ2v) is 11.6. The molecule has 0 aromatic carbocycles. The van der Waals surface area contributed by atoms with E-state index in [4.69, 9.17) is 6.99 Å². The van der Waals surface area contributed by atoms with E-state index in [1.165, 1.54) is 51.4 Å². The monoisotopic (exact) mass is 454 g/mol. The minimum atomic E-state index is -0.424. The average molecular weight is 453 g/mol. The van der Waals surface area contributed by atoms with Crippen LogP contribution in [-0.2, 0) is 18.2 Å². The van der Waals surface area contributed by atoms with E-state index in [1.54, 1.807) is 26.7 Å². The van der Waals surface area contributed by atoms with Crippen molar-refractivity contribution in [2.45, 2.75) is 90.1 Å². The summed E-state index contributed by atoms with van der Waals surface area (Å²) in [5.41, 5.74) is 0. The van der Waals surface area contributed by atoms with Gasteiger partial charge in [0, 0.05) is 0 Å². The van der Waals surface area contributed by atoms with E-state index in [1.807, 2.05) is 0 Å². The maximum Gasteiger partial charge on any atom is -0.194 e. The molecule has 8 bridgehead atoms. The quantitative estimate of drug-likeness (QED) is 0.326. The molecule has 2 nitrogen and oxygen atoms in total. The Morgan fingerprint density at radius 2 is 0.741 bits per heavy atom. The van der Waals surface area contributed by atoms with E-state index in [-0.39, 0.29) is 0 Å². The Bertz CT molecular complexity index is 463. The standard InChI is InChI=1S/2C10H15N.2C2H5.Mo/c2*11-10-8-2-6-1-7(4-8)5-9(10)3-6;2*1-2;/h2*6-10H,1-5H2;2*1H2,2H3;/q;;2*-1;+2. The van der Waals surface area contributed by atoms with E-state index >= 15 is 0 Å². The molecule has 0 aromatic heterocycles. The number of hydrogen-bond donors (Lipinski definition) is 0. The van der Waals surface area contributed by atoms with Crippen LogP contribution < -0.4 is 0 Å². The van der Waals surface area contributed by atoms with E-state index in [0.717, 1.165) is 59.4 Å². The fourth-order valence-corrected chi connectivity index (χ4v) is 10.6. The SMILES string of the molecule is C1C2CC3CC1CC(C2)C3[N]=[Mo+2]=[N]C1C2CC3CC(C2)CC1C3.[CH2-]C.[CH2-]C. The van der Waals surface area contributed by atoms with Crippen LogP contribution >= 0.6 is 0 Å². The molecule has 0 amide bonds. The largest absolute Gasteiger partial charge is 0.346 e. The maximum atomic E-state index is 5.34. The molecule has 0 saturated heterocycles. The first kappa shape index (κ1) is 20.6. The molecule has 27 heavy (non-hydrogen) atoms. The second kappa shape index (κ2) is 8.97. The topological polar surface area (TPSA) is 24.7 Å². The van der Waals surface area contributed by atoms with Crippen LogP contribution in [0.2, 0.25) is 0 Å². The Kier molecular flexibility index (Phi) is 6.83. The van der Waals surface area contributed by atoms with E-state index in [2.05, 4.69) is 13.8 Å². The normalized spacial score (nSPS) is 50.1. The summed E-state index contributed by atoms with van der Waals surface area (Å²) in [4.78, 5) is 0. The molecule has 0 spiro atoms. The van der Waals surface area contributed by atoms with Gasteiger partial charge in [0.25, 0.3) is 0 Å². The van der Waals surface area contributed by atoms with Crippen molar-refractivity contribution in [2.75, 3.05) is 0 Å². The van der Waals surface area contributed by atoms with Gasteiger partial charge >= 0.3 is 149 Å². The third kappa shape index (κ3) is 4.00. The summed E-state index contributed by atoms with van der Waals surface area (Å²) < 4.78 is 10.7. The van der Waals surface area contributed by atoms with Crippen molar-refractivity contribution < 1.29 is 18.2 Å². The molecule has 8 aliphatic carbocycles. The van der Waals surface area contributed by atoms with E-state index in [9.17, 15) is 0 Å². The summed E-state index contributed by atoms with van der Waals surface area (Å²) in [6.45, 7) is 10.0. The summed E-state index contributed by atoms with van der Waals surface area (Å²) in [5, 5.41) is 0. The van der Waals surface area contributed by atoms with Gasteiger partial charge in [-0.1, -0.05) is 0 Å². The van der Waals surface area contributed by atoms with Gasteiger partial charge in [0.15, 0.2) is 0 Å². The summed E-state index contributed by atoms with van der Waals surface area (Å²) in [6.07, 6.45) is 15.3. The molecular formula is C24H40MoN2. The maximum absolute atomic E-state index is 5.34. The van der Waals surface area contributed by atoms with Gasteiger partial charge in [0.05, 0.1) is 0 Å². The molecule has 8 fully saturated rings. The van der Waals surface area contributed by atoms with Gasteiger partial charge in [-0.15, -0.1) is 0 Å². The molecule has 0 heterocycles. The first-order chi connectivity index (χ1) is 13.3. The van der Waals surface area contributed by atoms with Gasteiger partial charge in [-0.25, -0.2) is 0 Å². The zero-order valence-electron chi connectivity index (χ0n) is 17.6. The Labute approximate surface area is 176 Å². The Hall–Kier alpha value is 0.288. The summed E-state index contributed by atoms with van der Waals surface area (Å²) in [5.74, 6) is 8.26. The molecule has 8 rings (SSSR count). The zero-order chi connectivity index (χ0) is 19.0. The van der Waals surface area contributed by atoms with E-state index < -0.39 is 18.2 Å². The van der Waals surface area contributed by atoms with Crippen molar-refractivity contribution in [3.8, 4) is 0 Å². The van der Waals surface area contributed by atoms with E-state index in [0.29, 0.717) is 0 Å². The molecule has 8 saturated carbocycles. The van der Waals surface area contributed by atoms with Crippen molar-refractivity contribution >= 4 is 0 Å². The molecule has 0 aliphatic heterocycles. The van der Waals surface area contributed by atoms with Crippen LogP contribution in [0.5, 0.6) is 0 Å². The first-order valence-electron chi connectivity index (χ1n) is 11.8. The predicted molar refractivity (Wildman–Crippen MR) is 109 cm³/mol. The van der Waals surface area contributed by atoms with Gasteiger partial charge in [-0.2, -0.15) is 13.8 Å². The fourth-order valence-electron chi connectivity index (χ4n) is 8.27. The van der Waals surface area contributed by atoms with Crippen molar-refractivity contribution in [3.05, 3.63) is 13.8 Å². The van der Waals surface area contributed by atoms with Crippen LogP contribution in [-0.4, -0.2) is 12.1 Å². The minimum Gasteiger partial charge on any atom is -0.346 e. The van der Waals surface area contributed by atoms with Crippen LogP contribution in [0.4, 0.5) is 0 Å². The van der Waals surface area contributed by atoms with Gasteiger partial charge in [0.2, 0.25) is 0 Å². The Morgan fingerprint density at radius 1 is 0.481 bits per heavy atom. The van der Waals surface area contributed by atoms with Crippen LogP contribution in [0, 0.1) is 61.2 Å². The van der Waals surface area contributed by atoms with Crippen LogP contribution in [0.15, 0.2) is 6.99 Å². The molecule has 0 unspecified atom stereocenters. The molecule has 0 aromatic rings. The summed E-state index contributed by atoms with van der Waals surface area (Å²) in [6, 6.07) is 1.51. The minimum absolute atomic E-state index is 0.424. The van der Waals surface area contributed by atoms with Crippen molar-refractivity contribution in [1.82, 2.24) is 0 Å². The van der Waals surface area contributed by atoms with Crippen molar-refractivity contribution in [1.29, 1.82) is 0 Å². The molecule has 3 heteroatoms. The van der Waals surface area contributed by atoms with Gasteiger partial charge in [-0.3, -0.25) is 0 Å². The molecule has 0 N–H and O–H groups in total. The Morgan fingerprint density at radius 3 is 1.00 bits per heavy atom. The third-order valence-electron chi connectivity index (χ3n) is 8.69. The fraction of sp³-hybridized carbons (Fsp3) is 0.917. The van der Waals surface area contributed by atoms with Crippen molar-refractivity contribution in [3.63, 3.8) is 0 Å². The summed E-state index contributed by atoms with van der Waals surface area (Å²) >= 11 is -0.424. The Balaban J connectivity index is 0.000000425. The molecular weight excluding hydrogens is 412 g/mol. The van der Waals surface area contributed by atoms with Crippen LogP contribution in [0.1, 0.15) is 78.1 Å². The summed E-state index contributed by atoms with van der Waals surface area (Å²) in [7, 11) is 0. The van der Waals surface area contributed by atoms with Gasteiger partial charge in [-0.05, 0) is 0 Å². The number of rotatable bonds is 2. The first-order valence-corrected chi connectivity index (χ1v) is 13.6. The average Bonchev–Trinajstić information content (AvgIpc) is 2.68. The van der Waals surface area contributed by atoms with Gasteiger partial charge in [0.1, 0.15) is 0 Å². The smallest absolute Gasteiger partial charge is 0.194 e. The molecule has 0 radical (unpaired) electrons.